The number of hydrogen-bond acceptors (Lipinski definition) is 1. The molecule has 16 heavy (non-hydrogen) atoms. The number of carbonyl (C=O) groups is 1. The van der Waals surface area contributed by atoms with E-state index in [0.717, 1.165) is 25.7 Å². The molecule has 1 aromatic carbocycles. The van der Waals surface area contributed by atoms with Crippen LogP contribution in [0.2, 0.25) is 0 Å². The predicted octanol–water partition coefficient (Wildman–Crippen LogP) is 3.34. The molecule has 1 fully saturated rings. The van der Waals surface area contributed by atoms with Crippen LogP contribution in [-0.2, 0) is 4.79 Å². The summed E-state index contributed by atoms with van der Waals surface area (Å²) in [4.78, 5) is 11.8. The molecule has 1 aliphatic carbocycles. The lowest BCUT2D eigenvalue weighted by Gasteiger charge is -2.20. The molecular weight excluding hydrogens is 205 g/mol. The highest BCUT2D eigenvalue weighted by Crippen LogP contribution is 2.24. The minimum Gasteiger partial charge on any atom is -0.326 e. The monoisotopic (exact) mass is 221 g/mol. The van der Waals surface area contributed by atoms with Gasteiger partial charge in [0.25, 0.3) is 0 Å². The Kier molecular flexibility index (Phi) is 3.54. The van der Waals surface area contributed by atoms with E-state index in [9.17, 15) is 9.18 Å². The first-order valence-corrected chi connectivity index (χ1v) is 5.82. The van der Waals surface area contributed by atoms with Crippen molar-refractivity contribution in [2.75, 3.05) is 5.32 Å². The van der Waals surface area contributed by atoms with Crippen LogP contribution < -0.4 is 5.32 Å². The van der Waals surface area contributed by atoms with Crippen LogP contribution in [0.4, 0.5) is 10.1 Å². The van der Waals surface area contributed by atoms with E-state index in [2.05, 4.69) is 5.32 Å². The van der Waals surface area contributed by atoms with Crippen LogP contribution >= 0.6 is 0 Å². The first-order chi connectivity index (χ1) is 7.75. The maximum atomic E-state index is 12.9. The Balaban J connectivity index is 1.96. The minimum absolute atomic E-state index is 0.0327. The van der Waals surface area contributed by atoms with Gasteiger partial charge in [0.2, 0.25) is 5.91 Å². The largest absolute Gasteiger partial charge is 0.326 e. The molecule has 1 N–H and O–H groups in total. The van der Waals surface area contributed by atoms with Crippen molar-refractivity contribution < 1.29 is 9.18 Å². The van der Waals surface area contributed by atoms with Gasteiger partial charge in [0.15, 0.2) is 0 Å². The summed E-state index contributed by atoms with van der Waals surface area (Å²) in [5.74, 6) is -0.177. The smallest absolute Gasteiger partial charge is 0.227 e. The predicted molar refractivity (Wildman–Crippen MR) is 61.6 cm³/mol. The van der Waals surface area contributed by atoms with E-state index < -0.39 is 0 Å². The van der Waals surface area contributed by atoms with Crippen molar-refractivity contribution in [2.45, 2.75) is 32.1 Å². The Labute approximate surface area is 94.9 Å². The van der Waals surface area contributed by atoms with Crippen molar-refractivity contribution in [3.63, 3.8) is 0 Å². The van der Waals surface area contributed by atoms with Gasteiger partial charge in [-0.2, -0.15) is 0 Å². The molecule has 1 saturated carbocycles. The summed E-state index contributed by atoms with van der Waals surface area (Å²) in [6, 6.07) is 6.03. The van der Waals surface area contributed by atoms with Crippen LogP contribution in [0, 0.1) is 11.7 Å². The number of hydrogen-bond donors (Lipinski definition) is 1. The number of halogens is 1. The molecule has 1 aromatic rings. The zero-order valence-electron chi connectivity index (χ0n) is 9.21. The summed E-state index contributed by atoms with van der Waals surface area (Å²) in [5.41, 5.74) is 0.551. The molecule has 2 rings (SSSR count). The van der Waals surface area contributed by atoms with Gasteiger partial charge in [0.05, 0.1) is 0 Å². The van der Waals surface area contributed by atoms with E-state index in [4.69, 9.17) is 0 Å². The number of nitrogens with one attached hydrogen (secondary N) is 1. The van der Waals surface area contributed by atoms with E-state index in [-0.39, 0.29) is 17.6 Å². The van der Waals surface area contributed by atoms with Crippen molar-refractivity contribution in [3.05, 3.63) is 30.1 Å². The maximum absolute atomic E-state index is 12.9. The van der Waals surface area contributed by atoms with Gasteiger partial charge in [-0.3, -0.25) is 4.79 Å². The van der Waals surface area contributed by atoms with Crippen molar-refractivity contribution in [2.24, 2.45) is 5.92 Å². The molecule has 0 radical (unpaired) electrons. The van der Waals surface area contributed by atoms with Crippen LogP contribution in [0.3, 0.4) is 0 Å². The first-order valence-electron chi connectivity index (χ1n) is 5.82. The molecule has 0 spiro atoms. The van der Waals surface area contributed by atoms with Gasteiger partial charge in [0, 0.05) is 11.6 Å². The highest BCUT2D eigenvalue weighted by molar-refractivity contribution is 5.92. The highest BCUT2D eigenvalue weighted by Gasteiger charge is 2.20. The van der Waals surface area contributed by atoms with E-state index in [1.54, 1.807) is 12.1 Å². The van der Waals surface area contributed by atoms with E-state index >= 15 is 0 Å². The third kappa shape index (κ3) is 2.81. The minimum atomic E-state index is -0.318. The Morgan fingerprint density at radius 3 is 2.69 bits per heavy atom. The van der Waals surface area contributed by atoms with Crippen LogP contribution in [0.5, 0.6) is 0 Å². The average molecular weight is 221 g/mol. The summed E-state index contributed by atoms with van der Waals surface area (Å²) in [5, 5.41) is 2.77. The van der Waals surface area contributed by atoms with E-state index in [1.165, 1.54) is 18.6 Å². The fraction of sp³-hybridized carbons (Fsp3) is 0.462. The Morgan fingerprint density at radius 2 is 2.00 bits per heavy atom. The molecule has 1 amide bonds. The summed E-state index contributed by atoms with van der Waals surface area (Å²) < 4.78 is 12.9. The van der Waals surface area contributed by atoms with Crippen molar-refractivity contribution in [3.8, 4) is 0 Å². The molecule has 1 aliphatic rings. The Hall–Kier alpha value is -1.38. The SMILES string of the molecule is O=C(Nc1cccc(F)c1)C1CCCCC1. The summed E-state index contributed by atoms with van der Waals surface area (Å²) >= 11 is 0. The average Bonchev–Trinajstić information content (AvgIpc) is 2.30. The number of rotatable bonds is 2. The summed E-state index contributed by atoms with van der Waals surface area (Å²) in [7, 11) is 0. The third-order valence-electron chi connectivity index (χ3n) is 3.07. The summed E-state index contributed by atoms with van der Waals surface area (Å²) in [6.07, 6.45) is 5.40. The number of benzene rings is 1. The normalized spacial score (nSPS) is 17.1. The quantitative estimate of drug-likeness (QED) is 0.815. The van der Waals surface area contributed by atoms with Gasteiger partial charge in [-0.05, 0) is 31.0 Å². The maximum Gasteiger partial charge on any atom is 0.227 e. The fourth-order valence-electron chi connectivity index (χ4n) is 2.18. The van der Waals surface area contributed by atoms with Crippen molar-refractivity contribution in [1.29, 1.82) is 0 Å². The third-order valence-corrected chi connectivity index (χ3v) is 3.07. The van der Waals surface area contributed by atoms with Gasteiger partial charge in [-0.25, -0.2) is 4.39 Å². The highest BCUT2D eigenvalue weighted by atomic mass is 19.1. The van der Waals surface area contributed by atoms with Gasteiger partial charge in [-0.15, -0.1) is 0 Å². The van der Waals surface area contributed by atoms with Gasteiger partial charge >= 0.3 is 0 Å². The lowest BCUT2D eigenvalue weighted by molar-refractivity contribution is -0.120. The van der Waals surface area contributed by atoms with Crippen LogP contribution in [-0.4, -0.2) is 5.91 Å². The molecule has 0 atom stereocenters. The number of carbonyl (C=O) groups excluding carboxylic acids is 1. The summed E-state index contributed by atoms with van der Waals surface area (Å²) in [6.45, 7) is 0. The van der Waals surface area contributed by atoms with Crippen LogP contribution in [0.15, 0.2) is 24.3 Å². The lowest BCUT2D eigenvalue weighted by Crippen LogP contribution is -2.24. The van der Waals surface area contributed by atoms with Crippen LogP contribution in [0.25, 0.3) is 0 Å². The van der Waals surface area contributed by atoms with E-state index in [1.807, 2.05) is 0 Å². The molecular formula is C13H16FNO. The van der Waals surface area contributed by atoms with Gasteiger partial charge < -0.3 is 5.32 Å². The van der Waals surface area contributed by atoms with Gasteiger partial charge in [0.1, 0.15) is 5.82 Å². The van der Waals surface area contributed by atoms with Crippen molar-refractivity contribution >= 4 is 11.6 Å². The number of amides is 1. The fourth-order valence-corrected chi connectivity index (χ4v) is 2.18. The molecule has 3 heteroatoms. The van der Waals surface area contributed by atoms with Crippen molar-refractivity contribution in [1.82, 2.24) is 0 Å². The molecule has 0 unspecified atom stereocenters. The molecule has 0 heterocycles. The molecule has 86 valence electrons. The molecule has 0 aromatic heterocycles. The van der Waals surface area contributed by atoms with Gasteiger partial charge in [-0.1, -0.05) is 25.3 Å². The Morgan fingerprint density at radius 1 is 1.25 bits per heavy atom. The molecule has 0 saturated heterocycles. The number of anilines is 1. The second kappa shape index (κ2) is 5.10. The second-order valence-electron chi connectivity index (χ2n) is 4.33. The molecule has 2 nitrogen and oxygen atoms in total. The molecule has 0 aliphatic heterocycles. The van der Waals surface area contributed by atoms with E-state index in [0.29, 0.717) is 5.69 Å². The topological polar surface area (TPSA) is 29.1 Å². The zero-order valence-corrected chi connectivity index (χ0v) is 9.21. The first kappa shape index (κ1) is 11.1. The van der Waals surface area contributed by atoms with Crippen LogP contribution in [0.1, 0.15) is 32.1 Å². The second-order valence-corrected chi connectivity index (χ2v) is 4.33. The molecule has 0 bridgehead atoms. The Bertz CT molecular complexity index is 372. The standard InChI is InChI=1S/C13H16FNO/c14-11-7-4-8-12(9-11)15-13(16)10-5-2-1-3-6-10/h4,7-10H,1-3,5-6H2,(H,15,16). The zero-order chi connectivity index (χ0) is 11.4. The lowest BCUT2D eigenvalue weighted by atomic mass is 9.88.